The Balaban J connectivity index is 1.97. The van der Waals surface area contributed by atoms with Crippen molar-refractivity contribution in [3.8, 4) is 0 Å². The molecule has 36 heavy (non-hydrogen) atoms. The summed E-state index contributed by atoms with van der Waals surface area (Å²) in [5.41, 5.74) is 0.584. The topological polar surface area (TPSA) is 138 Å². The van der Waals surface area contributed by atoms with E-state index in [1.807, 2.05) is 13.8 Å². The molecule has 11 nitrogen and oxygen atoms in total. The van der Waals surface area contributed by atoms with E-state index in [0.29, 0.717) is 30.9 Å². The second-order valence-electron chi connectivity index (χ2n) is 9.46. The molecule has 0 spiro atoms. The smallest absolute Gasteiger partial charge is 0.391 e. The van der Waals surface area contributed by atoms with Gasteiger partial charge in [0.05, 0.1) is 11.7 Å². The Morgan fingerprint density at radius 1 is 1.17 bits per heavy atom. The number of imidazole rings is 1. The summed E-state index contributed by atoms with van der Waals surface area (Å²) < 4.78 is 15.9. The molecule has 0 bridgehead atoms. The van der Waals surface area contributed by atoms with Crippen molar-refractivity contribution in [3.05, 3.63) is 18.2 Å². The Bertz CT molecular complexity index is 891. The molecule has 1 aliphatic rings. The zero-order valence-electron chi connectivity index (χ0n) is 22.0. The summed E-state index contributed by atoms with van der Waals surface area (Å²) >= 11 is 0. The van der Waals surface area contributed by atoms with Crippen molar-refractivity contribution in [1.29, 1.82) is 0 Å². The van der Waals surface area contributed by atoms with Crippen LogP contribution in [0, 0.1) is 5.92 Å². The number of ketones is 2. The van der Waals surface area contributed by atoms with Gasteiger partial charge in [-0.05, 0) is 25.7 Å². The van der Waals surface area contributed by atoms with Gasteiger partial charge in [-0.3, -0.25) is 14.2 Å². The molecule has 1 aromatic rings. The van der Waals surface area contributed by atoms with E-state index in [4.69, 9.17) is 14.2 Å². The lowest BCUT2D eigenvalue weighted by molar-refractivity contribution is -0.322. The molecule has 0 aliphatic heterocycles. The van der Waals surface area contributed by atoms with Gasteiger partial charge in [-0.1, -0.05) is 39.0 Å². The van der Waals surface area contributed by atoms with Crippen LogP contribution in [0.15, 0.2) is 12.5 Å². The number of aromatic nitrogens is 2. The van der Waals surface area contributed by atoms with Crippen LogP contribution in [0.1, 0.15) is 77.8 Å². The second-order valence-corrected chi connectivity index (χ2v) is 9.46. The number of rotatable bonds is 13. The number of hydrogen-bond donors (Lipinski definition) is 2. The highest BCUT2D eigenvalue weighted by Crippen LogP contribution is 2.28. The minimum atomic E-state index is -1.63. The van der Waals surface area contributed by atoms with Gasteiger partial charge in [0.15, 0.2) is 5.78 Å². The number of nitrogens with one attached hydrogen (secondary N) is 2. The molecule has 1 saturated carbocycles. The molecule has 11 heteroatoms. The standard InChI is InChI=1S/C25H40N4O7/c1-6-10-21(30)22(31)20(14-18-11-8-7-9-12-18)27-17(2)13-19-15-29(16-26-19)23(32)28-24(33)36-25(3,34-4)35-5/h15-18,20,27H,6-14H2,1-5H3,(H,28,32,33)/t17-,20+/m1/s1. The lowest BCUT2D eigenvalue weighted by atomic mass is 9.83. The van der Waals surface area contributed by atoms with Gasteiger partial charge in [0, 0.05) is 46.2 Å². The van der Waals surface area contributed by atoms with E-state index < -0.39 is 24.1 Å². The van der Waals surface area contributed by atoms with Crippen molar-refractivity contribution >= 4 is 23.7 Å². The van der Waals surface area contributed by atoms with Gasteiger partial charge in [-0.15, -0.1) is 0 Å². The zero-order valence-corrected chi connectivity index (χ0v) is 22.0. The van der Waals surface area contributed by atoms with E-state index in [-0.39, 0.29) is 24.0 Å². The zero-order chi connectivity index (χ0) is 26.7. The molecule has 2 atom stereocenters. The highest BCUT2D eigenvalue weighted by atomic mass is 16.9. The molecule has 2 amide bonds. The molecular formula is C25H40N4O7. The van der Waals surface area contributed by atoms with E-state index in [0.717, 1.165) is 30.3 Å². The number of amides is 2. The van der Waals surface area contributed by atoms with E-state index in [9.17, 15) is 19.2 Å². The molecule has 0 saturated heterocycles. The molecule has 1 aromatic heterocycles. The van der Waals surface area contributed by atoms with Crippen LogP contribution in [0.4, 0.5) is 9.59 Å². The molecular weight excluding hydrogens is 468 g/mol. The van der Waals surface area contributed by atoms with Crippen LogP contribution in [0.25, 0.3) is 0 Å². The summed E-state index contributed by atoms with van der Waals surface area (Å²) in [6.45, 7) is 5.18. The molecule has 0 radical (unpaired) electrons. The van der Waals surface area contributed by atoms with Crippen molar-refractivity contribution < 1.29 is 33.4 Å². The van der Waals surface area contributed by atoms with Gasteiger partial charge in [0.2, 0.25) is 5.78 Å². The van der Waals surface area contributed by atoms with Crippen molar-refractivity contribution in [2.45, 2.75) is 96.6 Å². The number of methoxy groups -OCH3 is 2. The first kappa shape index (κ1) is 29.6. The van der Waals surface area contributed by atoms with Crippen LogP contribution >= 0.6 is 0 Å². The third-order valence-corrected chi connectivity index (χ3v) is 6.46. The van der Waals surface area contributed by atoms with Crippen LogP contribution in [0.2, 0.25) is 0 Å². The number of hydrogen-bond acceptors (Lipinski definition) is 9. The van der Waals surface area contributed by atoms with E-state index in [2.05, 4.69) is 15.6 Å². The minimum absolute atomic E-state index is 0.169. The van der Waals surface area contributed by atoms with E-state index >= 15 is 0 Å². The Kier molecular flexibility index (Phi) is 11.7. The van der Waals surface area contributed by atoms with Gasteiger partial charge >= 0.3 is 18.1 Å². The van der Waals surface area contributed by atoms with E-state index in [1.165, 1.54) is 40.1 Å². The van der Waals surface area contributed by atoms with Gasteiger partial charge in [0.25, 0.3) is 0 Å². The Morgan fingerprint density at radius 2 is 1.83 bits per heavy atom. The highest BCUT2D eigenvalue weighted by Gasteiger charge is 2.30. The predicted octanol–water partition coefficient (Wildman–Crippen LogP) is 3.34. The third kappa shape index (κ3) is 9.11. The number of Topliss-reactive ketones (excluding diaryl/α,β-unsaturated/α-hetero) is 2. The number of carbonyl (C=O) groups excluding carboxylic acids is 4. The number of ether oxygens (including phenoxy) is 3. The maximum absolute atomic E-state index is 12.9. The fourth-order valence-corrected chi connectivity index (χ4v) is 4.36. The number of imide groups is 1. The predicted molar refractivity (Wildman–Crippen MR) is 131 cm³/mol. The molecule has 1 aliphatic carbocycles. The SMILES string of the molecule is CCCC(=O)C(=O)[C@H](CC1CCCCC1)N[C@H](C)Cc1cn(C(=O)NC(=O)OC(C)(OC)OC)cn1. The lowest BCUT2D eigenvalue weighted by Gasteiger charge is -2.28. The first-order chi connectivity index (χ1) is 17.1. The van der Waals surface area contributed by atoms with Crippen molar-refractivity contribution in [2.75, 3.05) is 14.2 Å². The normalized spacial score (nSPS) is 16.2. The average Bonchev–Trinajstić information content (AvgIpc) is 3.32. The lowest BCUT2D eigenvalue weighted by Crippen LogP contribution is -2.46. The minimum Gasteiger partial charge on any atom is -0.391 e. The molecule has 0 aromatic carbocycles. The summed E-state index contributed by atoms with van der Waals surface area (Å²) in [7, 11) is 2.59. The highest BCUT2D eigenvalue weighted by molar-refractivity contribution is 6.39. The van der Waals surface area contributed by atoms with E-state index in [1.54, 1.807) is 0 Å². The second kappa shape index (κ2) is 14.2. The van der Waals surface area contributed by atoms with Crippen molar-refractivity contribution in [1.82, 2.24) is 20.2 Å². The first-order valence-electron chi connectivity index (χ1n) is 12.6. The number of nitrogens with zero attached hydrogens (tertiary/aromatic N) is 2. The van der Waals surface area contributed by atoms with Gasteiger partial charge in [-0.2, -0.15) is 0 Å². The molecule has 1 heterocycles. The van der Waals surface area contributed by atoms with Crippen LogP contribution in [0.3, 0.4) is 0 Å². The van der Waals surface area contributed by atoms with Crippen LogP contribution in [-0.4, -0.2) is 65.5 Å². The third-order valence-electron chi connectivity index (χ3n) is 6.46. The number of alkyl carbamates (subject to hydrolysis) is 1. The summed E-state index contributed by atoms with van der Waals surface area (Å²) in [6.07, 6.45) is 9.41. The molecule has 0 unspecified atom stereocenters. The molecule has 2 rings (SSSR count). The van der Waals surface area contributed by atoms with Gasteiger partial charge in [-0.25, -0.2) is 19.9 Å². The van der Waals surface area contributed by atoms with Gasteiger partial charge < -0.3 is 19.5 Å². The fraction of sp³-hybridized carbons (Fsp3) is 0.720. The van der Waals surface area contributed by atoms with Crippen LogP contribution in [0.5, 0.6) is 0 Å². The van der Waals surface area contributed by atoms with Crippen LogP contribution in [-0.2, 0) is 30.2 Å². The Hall–Kier alpha value is -2.63. The van der Waals surface area contributed by atoms with Crippen LogP contribution < -0.4 is 10.6 Å². The fourth-order valence-electron chi connectivity index (χ4n) is 4.36. The van der Waals surface area contributed by atoms with Gasteiger partial charge in [0.1, 0.15) is 6.33 Å². The maximum atomic E-state index is 12.9. The number of carbonyl (C=O) groups is 4. The first-order valence-corrected chi connectivity index (χ1v) is 12.6. The maximum Gasteiger partial charge on any atom is 0.419 e. The monoisotopic (exact) mass is 508 g/mol. The molecule has 2 N–H and O–H groups in total. The van der Waals surface area contributed by atoms with Crippen molar-refractivity contribution in [2.24, 2.45) is 5.92 Å². The summed E-state index contributed by atoms with van der Waals surface area (Å²) in [4.78, 5) is 53.8. The molecule has 1 fully saturated rings. The summed E-state index contributed by atoms with van der Waals surface area (Å²) in [5, 5.41) is 5.41. The summed E-state index contributed by atoms with van der Waals surface area (Å²) in [6, 6.07) is -1.46. The van der Waals surface area contributed by atoms with Crippen molar-refractivity contribution in [3.63, 3.8) is 0 Å². The Labute approximate surface area is 212 Å². The quantitative estimate of drug-likeness (QED) is 0.303. The molecule has 202 valence electrons. The Morgan fingerprint density at radius 3 is 2.44 bits per heavy atom. The average molecular weight is 509 g/mol. The largest absolute Gasteiger partial charge is 0.419 e. The summed E-state index contributed by atoms with van der Waals surface area (Å²) in [5.74, 6) is -1.88.